The zero-order valence-corrected chi connectivity index (χ0v) is 11.4. The molecule has 6 nitrogen and oxygen atoms in total. The smallest absolute Gasteiger partial charge is 0.390 e. The molecule has 0 bridgehead atoms. The molecule has 1 aromatic carbocycles. The molecule has 0 spiro atoms. The van der Waals surface area contributed by atoms with Crippen LogP contribution in [-0.2, 0) is 13.1 Å². The molecule has 0 radical (unpaired) electrons. The lowest BCUT2D eigenvalue weighted by Crippen LogP contribution is -2.34. The van der Waals surface area contributed by atoms with Crippen molar-refractivity contribution in [1.82, 2.24) is 9.55 Å². The Labute approximate surface area is 121 Å². The molecular weight excluding hydrogens is 268 g/mol. The molecule has 0 aliphatic carbocycles. The van der Waals surface area contributed by atoms with Crippen molar-refractivity contribution in [3.63, 3.8) is 0 Å². The van der Waals surface area contributed by atoms with E-state index in [-0.39, 0.29) is 5.95 Å². The van der Waals surface area contributed by atoms with Crippen molar-refractivity contribution >= 4 is 16.9 Å². The molecule has 2 heterocycles. The molecule has 0 fully saturated rings. The summed E-state index contributed by atoms with van der Waals surface area (Å²) in [7, 11) is 0. The quantitative estimate of drug-likeness (QED) is 0.410. The van der Waals surface area contributed by atoms with Crippen LogP contribution >= 0.6 is 0 Å². The third kappa shape index (κ3) is 2.74. The van der Waals surface area contributed by atoms with E-state index in [1.165, 1.54) is 17.1 Å². The Balaban J connectivity index is 1.72. The SMILES string of the molecule is O=[N+]([O-])c1nccn1CCC[n+]1cccc2ccccc21. The predicted octanol–water partition coefficient (Wildman–Crippen LogP) is 2.32. The number of aryl methyl sites for hydroxylation is 2. The molecule has 6 heteroatoms. The first kappa shape index (κ1) is 13.2. The number of hydrogen-bond donors (Lipinski definition) is 0. The van der Waals surface area contributed by atoms with Crippen LogP contribution in [0.5, 0.6) is 0 Å². The van der Waals surface area contributed by atoms with Crippen LogP contribution in [0, 0.1) is 10.1 Å². The van der Waals surface area contributed by atoms with Crippen molar-refractivity contribution in [2.45, 2.75) is 19.5 Å². The summed E-state index contributed by atoms with van der Waals surface area (Å²) in [6.07, 6.45) is 5.94. The van der Waals surface area contributed by atoms with E-state index in [0.717, 1.165) is 13.0 Å². The number of para-hydroxylation sites is 1. The minimum atomic E-state index is -0.453. The Morgan fingerprint density at radius 3 is 2.90 bits per heavy atom. The average molecular weight is 283 g/mol. The van der Waals surface area contributed by atoms with Crippen LogP contribution < -0.4 is 4.57 Å². The van der Waals surface area contributed by atoms with Gasteiger partial charge in [-0.05, 0) is 17.1 Å². The molecule has 0 unspecified atom stereocenters. The number of aromatic nitrogens is 3. The van der Waals surface area contributed by atoms with Crippen LogP contribution in [-0.4, -0.2) is 14.5 Å². The lowest BCUT2D eigenvalue weighted by atomic mass is 10.2. The van der Waals surface area contributed by atoms with Crippen molar-refractivity contribution in [2.75, 3.05) is 0 Å². The summed E-state index contributed by atoms with van der Waals surface area (Å²) in [5.74, 6) is -0.0991. The van der Waals surface area contributed by atoms with Crippen LogP contribution in [0.25, 0.3) is 10.9 Å². The van der Waals surface area contributed by atoms with Gasteiger partial charge in [-0.3, -0.25) is 0 Å². The summed E-state index contributed by atoms with van der Waals surface area (Å²) in [4.78, 5) is 14.1. The molecule has 3 aromatic rings. The number of rotatable bonds is 5. The Bertz CT molecular complexity index is 777. The first-order valence-electron chi connectivity index (χ1n) is 6.78. The van der Waals surface area contributed by atoms with Crippen molar-refractivity contribution in [1.29, 1.82) is 0 Å². The van der Waals surface area contributed by atoms with Gasteiger partial charge in [-0.15, -0.1) is 0 Å². The van der Waals surface area contributed by atoms with Gasteiger partial charge in [0.25, 0.3) is 0 Å². The summed E-state index contributed by atoms with van der Waals surface area (Å²) in [6, 6.07) is 12.3. The normalized spacial score (nSPS) is 10.9. The number of benzene rings is 1. The molecule has 0 N–H and O–H groups in total. The van der Waals surface area contributed by atoms with Gasteiger partial charge in [0.05, 0.1) is 6.54 Å². The maximum absolute atomic E-state index is 10.8. The highest BCUT2D eigenvalue weighted by molar-refractivity contribution is 5.74. The van der Waals surface area contributed by atoms with E-state index in [9.17, 15) is 10.1 Å². The van der Waals surface area contributed by atoms with Crippen molar-refractivity contribution < 1.29 is 9.49 Å². The average Bonchev–Trinajstić information content (AvgIpc) is 2.96. The number of fused-ring (bicyclic) bond motifs is 1. The van der Waals surface area contributed by atoms with Gasteiger partial charge in [0.1, 0.15) is 12.4 Å². The minimum Gasteiger partial charge on any atom is -0.390 e. The third-order valence-corrected chi connectivity index (χ3v) is 3.44. The monoisotopic (exact) mass is 283 g/mol. The van der Waals surface area contributed by atoms with Crippen LogP contribution in [0.4, 0.5) is 5.95 Å². The number of pyridine rings is 1. The van der Waals surface area contributed by atoms with Crippen molar-refractivity contribution in [3.8, 4) is 0 Å². The Morgan fingerprint density at radius 1 is 1.24 bits per heavy atom. The highest BCUT2D eigenvalue weighted by Crippen LogP contribution is 2.10. The fourth-order valence-electron chi connectivity index (χ4n) is 2.48. The Kier molecular flexibility index (Phi) is 3.59. The Hall–Kier alpha value is -2.76. The van der Waals surface area contributed by atoms with Crippen LogP contribution in [0.1, 0.15) is 6.42 Å². The first-order valence-corrected chi connectivity index (χ1v) is 6.78. The van der Waals surface area contributed by atoms with E-state index in [0.29, 0.717) is 6.54 Å². The molecule has 0 atom stereocenters. The van der Waals surface area contributed by atoms with E-state index in [2.05, 4.69) is 27.8 Å². The molecule has 3 rings (SSSR count). The fraction of sp³-hybridized carbons (Fsp3) is 0.200. The van der Waals surface area contributed by atoms with E-state index < -0.39 is 4.92 Å². The van der Waals surface area contributed by atoms with E-state index in [4.69, 9.17) is 0 Å². The number of nitrogens with zero attached hydrogens (tertiary/aromatic N) is 4. The van der Waals surface area contributed by atoms with Gasteiger partial charge in [0.15, 0.2) is 12.7 Å². The molecule has 0 saturated heterocycles. The summed E-state index contributed by atoms with van der Waals surface area (Å²) < 4.78 is 3.74. The second-order valence-corrected chi connectivity index (χ2v) is 4.79. The lowest BCUT2D eigenvalue weighted by molar-refractivity contribution is -0.672. The van der Waals surface area contributed by atoms with Gasteiger partial charge in [-0.1, -0.05) is 17.1 Å². The Morgan fingerprint density at radius 2 is 2.05 bits per heavy atom. The second-order valence-electron chi connectivity index (χ2n) is 4.79. The molecule has 2 aromatic heterocycles. The van der Waals surface area contributed by atoms with Crippen LogP contribution in [0.15, 0.2) is 55.0 Å². The molecule has 106 valence electrons. The van der Waals surface area contributed by atoms with Crippen molar-refractivity contribution in [3.05, 3.63) is 65.1 Å². The zero-order valence-electron chi connectivity index (χ0n) is 11.4. The van der Waals surface area contributed by atoms with Gasteiger partial charge < -0.3 is 10.1 Å². The summed E-state index contributed by atoms with van der Waals surface area (Å²) >= 11 is 0. The van der Waals surface area contributed by atoms with Crippen molar-refractivity contribution in [2.24, 2.45) is 0 Å². The van der Waals surface area contributed by atoms with E-state index in [1.54, 1.807) is 10.8 Å². The maximum Gasteiger partial charge on any atom is 0.434 e. The highest BCUT2D eigenvalue weighted by atomic mass is 16.6. The summed E-state index contributed by atoms with van der Waals surface area (Å²) in [5.41, 5.74) is 1.17. The maximum atomic E-state index is 10.8. The number of hydrogen-bond acceptors (Lipinski definition) is 3. The number of imidazole rings is 1. The topological polar surface area (TPSA) is 64.8 Å². The molecule has 0 aliphatic heterocycles. The van der Waals surface area contributed by atoms with Gasteiger partial charge in [0, 0.05) is 23.9 Å². The number of nitro groups is 1. The molecular formula is C15H15N4O2+. The van der Waals surface area contributed by atoms with Gasteiger partial charge >= 0.3 is 5.95 Å². The minimum absolute atomic E-state index is 0.0991. The molecule has 21 heavy (non-hydrogen) atoms. The van der Waals surface area contributed by atoms with Gasteiger partial charge in [-0.25, -0.2) is 4.57 Å². The largest absolute Gasteiger partial charge is 0.434 e. The van der Waals surface area contributed by atoms with Gasteiger partial charge in [0.2, 0.25) is 5.52 Å². The highest BCUT2D eigenvalue weighted by Gasteiger charge is 2.14. The van der Waals surface area contributed by atoms with E-state index in [1.807, 2.05) is 24.4 Å². The lowest BCUT2D eigenvalue weighted by Gasteiger charge is -2.02. The fourth-order valence-corrected chi connectivity index (χ4v) is 2.48. The summed E-state index contributed by atoms with van der Waals surface area (Å²) in [6.45, 7) is 1.38. The summed E-state index contributed by atoms with van der Waals surface area (Å²) in [5, 5.41) is 12.0. The molecule has 0 aliphatic rings. The van der Waals surface area contributed by atoms with Gasteiger partial charge in [-0.2, -0.15) is 4.57 Å². The standard InChI is InChI=1S/C15H15N4O2/c20-19(21)15-16-8-12-18(15)11-4-10-17-9-3-6-13-5-1-2-7-14(13)17/h1-3,5-9,12H,4,10-11H2/q+1. The van der Waals surface area contributed by atoms with E-state index >= 15 is 0 Å². The van der Waals surface area contributed by atoms with Crippen LogP contribution in [0.2, 0.25) is 0 Å². The third-order valence-electron chi connectivity index (χ3n) is 3.44. The zero-order chi connectivity index (χ0) is 14.7. The molecule has 0 amide bonds. The second kappa shape index (κ2) is 5.70. The predicted molar refractivity (Wildman–Crippen MR) is 77.6 cm³/mol. The molecule has 0 saturated carbocycles. The first-order chi connectivity index (χ1) is 10.3. The van der Waals surface area contributed by atoms with Crippen LogP contribution in [0.3, 0.4) is 0 Å².